The van der Waals surface area contributed by atoms with Crippen LogP contribution in [0.15, 0.2) is 18.2 Å². The smallest absolute Gasteiger partial charge is 0.146 e. The van der Waals surface area contributed by atoms with Gasteiger partial charge in [-0.1, -0.05) is 18.9 Å². The lowest BCUT2D eigenvalue weighted by Gasteiger charge is -2.24. The Labute approximate surface area is 121 Å². The van der Waals surface area contributed by atoms with Crippen molar-refractivity contribution in [2.75, 3.05) is 24.5 Å². The van der Waals surface area contributed by atoms with E-state index in [0.29, 0.717) is 18.2 Å². The van der Waals surface area contributed by atoms with Crippen LogP contribution in [0.5, 0.6) is 0 Å². The summed E-state index contributed by atoms with van der Waals surface area (Å²) < 4.78 is 14.4. The number of hydrogen-bond donors (Lipinski definition) is 1. The van der Waals surface area contributed by atoms with Gasteiger partial charge in [0.1, 0.15) is 5.82 Å². The molecule has 0 aliphatic heterocycles. The molecule has 1 saturated carbocycles. The third-order valence-corrected chi connectivity index (χ3v) is 3.78. The standard InChI is InChI=1S/C17H23FN2/c1-4-10-20(12-14-6-7-14)17-9-8-15(11-16(17)18)13(3)19-5-2/h1,8-9,11,13-14,19H,5-7,10,12H2,2-3H3. The van der Waals surface area contributed by atoms with Gasteiger partial charge in [-0.2, -0.15) is 0 Å². The molecule has 1 unspecified atom stereocenters. The number of nitrogens with zero attached hydrogens (tertiary/aromatic N) is 1. The SMILES string of the molecule is C#CCN(CC1CC1)c1ccc(C(C)NCC)cc1F. The fourth-order valence-electron chi connectivity index (χ4n) is 2.44. The third kappa shape index (κ3) is 3.74. The van der Waals surface area contributed by atoms with Crippen molar-refractivity contribution in [2.24, 2.45) is 5.92 Å². The van der Waals surface area contributed by atoms with Crippen molar-refractivity contribution in [1.82, 2.24) is 5.32 Å². The molecule has 0 saturated heterocycles. The highest BCUT2D eigenvalue weighted by Crippen LogP contribution is 2.32. The summed E-state index contributed by atoms with van der Waals surface area (Å²) in [6, 6.07) is 5.63. The number of nitrogens with one attached hydrogen (secondary N) is 1. The van der Waals surface area contributed by atoms with Crippen LogP contribution in [-0.2, 0) is 0 Å². The normalized spacial score (nSPS) is 15.7. The van der Waals surface area contributed by atoms with Crippen LogP contribution in [0.4, 0.5) is 10.1 Å². The van der Waals surface area contributed by atoms with Crippen molar-refractivity contribution >= 4 is 5.69 Å². The summed E-state index contributed by atoms with van der Waals surface area (Å²) in [7, 11) is 0. The minimum Gasteiger partial charge on any atom is -0.358 e. The molecule has 1 atom stereocenters. The number of halogens is 1. The van der Waals surface area contributed by atoms with Crippen LogP contribution in [-0.4, -0.2) is 19.6 Å². The molecule has 2 nitrogen and oxygen atoms in total. The maximum atomic E-state index is 14.4. The first kappa shape index (κ1) is 14.9. The fraction of sp³-hybridized carbons (Fsp3) is 0.529. The lowest BCUT2D eigenvalue weighted by atomic mass is 10.1. The molecule has 0 aromatic heterocycles. The summed E-state index contributed by atoms with van der Waals surface area (Å²) in [6.07, 6.45) is 7.88. The van der Waals surface area contributed by atoms with Gasteiger partial charge in [-0.3, -0.25) is 0 Å². The minimum atomic E-state index is -0.178. The average Bonchev–Trinajstić information content (AvgIpc) is 3.22. The third-order valence-electron chi connectivity index (χ3n) is 3.78. The van der Waals surface area contributed by atoms with E-state index in [2.05, 4.69) is 11.2 Å². The van der Waals surface area contributed by atoms with Gasteiger partial charge in [0.05, 0.1) is 12.2 Å². The van der Waals surface area contributed by atoms with E-state index in [1.54, 1.807) is 6.07 Å². The van der Waals surface area contributed by atoms with Gasteiger partial charge in [-0.05, 0) is 49.9 Å². The molecule has 1 aliphatic rings. The van der Waals surface area contributed by atoms with E-state index in [1.807, 2.05) is 30.9 Å². The van der Waals surface area contributed by atoms with Crippen molar-refractivity contribution in [2.45, 2.75) is 32.7 Å². The van der Waals surface area contributed by atoms with Crippen LogP contribution in [0, 0.1) is 24.1 Å². The lowest BCUT2D eigenvalue weighted by molar-refractivity contribution is 0.580. The Kier molecular flexibility index (Phi) is 5.03. The topological polar surface area (TPSA) is 15.3 Å². The summed E-state index contributed by atoms with van der Waals surface area (Å²) in [5.74, 6) is 3.14. The number of benzene rings is 1. The molecule has 2 rings (SSSR count). The van der Waals surface area contributed by atoms with Gasteiger partial charge >= 0.3 is 0 Å². The van der Waals surface area contributed by atoms with Crippen molar-refractivity contribution in [3.8, 4) is 12.3 Å². The van der Waals surface area contributed by atoms with Gasteiger partial charge in [-0.15, -0.1) is 6.42 Å². The molecule has 0 radical (unpaired) electrons. The second-order valence-corrected chi connectivity index (χ2v) is 5.52. The van der Waals surface area contributed by atoms with E-state index in [9.17, 15) is 4.39 Å². The van der Waals surface area contributed by atoms with Crippen LogP contribution in [0.3, 0.4) is 0 Å². The molecule has 20 heavy (non-hydrogen) atoms. The largest absolute Gasteiger partial charge is 0.358 e. The Balaban J connectivity index is 2.15. The lowest BCUT2D eigenvalue weighted by Crippen LogP contribution is -2.27. The monoisotopic (exact) mass is 274 g/mol. The van der Waals surface area contributed by atoms with Gasteiger partial charge in [0.25, 0.3) is 0 Å². The first-order chi connectivity index (χ1) is 9.65. The zero-order valence-electron chi connectivity index (χ0n) is 12.3. The van der Waals surface area contributed by atoms with Crippen LogP contribution in [0.2, 0.25) is 0 Å². The number of terminal acetylenes is 1. The van der Waals surface area contributed by atoms with Gasteiger partial charge in [0.2, 0.25) is 0 Å². The molecule has 0 spiro atoms. The second-order valence-electron chi connectivity index (χ2n) is 5.52. The van der Waals surface area contributed by atoms with E-state index < -0.39 is 0 Å². The summed E-state index contributed by atoms with van der Waals surface area (Å²) in [5.41, 5.74) is 1.60. The van der Waals surface area contributed by atoms with Crippen molar-refractivity contribution < 1.29 is 4.39 Å². The quantitative estimate of drug-likeness (QED) is 0.767. The summed E-state index contributed by atoms with van der Waals surface area (Å²) in [6.45, 7) is 6.29. The molecule has 1 aromatic rings. The van der Waals surface area contributed by atoms with Gasteiger partial charge in [0.15, 0.2) is 0 Å². The highest BCUT2D eigenvalue weighted by atomic mass is 19.1. The van der Waals surface area contributed by atoms with Crippen molar-refractivity contribution in [3.05, 3.63) is 29.6 Å². The zero-order chi connectivity index (χ0) is 14.5. The Hall–Kier alpha value is -1.53. The molecule has 1 aliphatic carbocycles. The Morgan fingerprint density at radius 3 is 2.80 bits per heavy atom. The number of hydrogen-bond acceptors (Lipinski definition) is 2. The minimum absolute atomic E-state index is 0.160. The summed E-state index contributed by atoms with van der Waals surface area (Å²) >= 11 is 0. The predicted octanol–water partition coefficient (Wildman–Crippen LogP) is 3.35. The second kappa shape index (κ2) is 6.76. The highest BCUT2D eigenvalue weighted by Gasteiger charge is 2.25. The maximum absolute atomic E-state index is 14.4. The van der Waals surface area contributed by atoms with Crippen LogP contribution >= 0.6 is 0 Å². The molecular weight excluding hydrogens is 251 g/mol. The zero-order valence-corrected chi connectivity index (χ0v) is 12.3. The van der Waals surface area contributed by atoms with E-state index in [4.69, 9.17) is 6.42 Å². The van der Waals surface area contributed by atoms with Gasteiger partial charge in [-0.25, -0.2) is 4.39 Å². The van der Waals surface area contributed by atoms with E-state index in [0.717, 1.165) is 18.7 Å². The number of anilines is 1. The average molecular weight is 274 g/mol. The Bertz CT molecular complexity index is 488. The molecule has 1 N–H and O–H groups in total. The molecule has 1 aromatic carbocycles. The molecule has 108 valence electrons. The predicted molar refractivity (Wildman–Crippen MR) is 82.3 cm³/mol. The highest BCUT2D eigenvalue weighted by molar-refractivity contribution is 5.50. The molecular formula is C17H23FN2. The molecule has 3 heteroatoms. The van der Waals surface area contributed by atoms with Crippen molar-refractivity contribution in [3.63, 3.8) is 0 Å². The molecule has 0 amide bonds. The fourth-order valence-corrected chi connectivity index (χ4v) is 2.44. The Morgan fingerprint density at radius 1 is 1.50 bits per heavy atom. The van der Waals surface area contributed by atoms with Crippen LogP contribution in [0.25, 0.3) is 0 Å². The van der Waals surface area contributed by atoms with Crippen LogP contribution < -0.4 is 10.2 Å². The first-order valence-electron chi connectivity index (χ1n) is 7.37. The van der Waals surface area contributed by atoms with Crippen molar-refractivity contribution in [1.29, 1.82) is 0 Å². The van der Waals surface area contributed by atoms with E-state index >= 15 is 0 Å². The van der Waals surface area contributed by atoms with Crippen LogP contribution in [0.1, 0.15) is 38.3 Å². The van der Waals surface area contributed by atoms with Gasteiger partial charge in [0, 0.05) is 12.6 Å². The van der Waals surface area contributed by atoms with E-state index in [-0.39, 0.29) is 11.9 Å². The summed E-state index contributed by atoms with van der Waals surface area (Å²) in [5, 5.41) is 3.29. The molecule has 1 fully saturated rings. The molecule has 0 heterocycles. The van der Waals surface area contributed by atoms with E-state index in [1.165, 1.54) is 12.8 Å². The van der Waals surface area contributed by atoms with Gasteiger partial charge < -0.3 is 10.2 Å². The molecule has 0 bridgehead atoms. The first-order valence-corrected chi connectivity index (χ1v) is 7.37. The Morgan fingerprint density at radius 2 is 2.25 bits per heavy atom. The maximum Gasteiger partial charge on any atom is 0.146 e. The number of rotatable bonds is 7. The summed E-state index contributed by atoms with van der Waals surface area (Å²) in [4.78, 5) is 1.98.